The molecule has 8 heteroatoms. The predicted octanol–water partition coefficient (Wildman–Crippen LogP) is 0.820. The largest absolute Gasteiger partial charge is 0.383 e. The first-order valence-electron chi connectivity index (χ1n) is 6.20. The van der Waals surface area contributed by atoms with Crippen LogP contribution in [0.25, 0.3) is 0 Å². The lowest BCUT2D eigenvalue weighted by Crippen LogP contribution is -2.49. The smallest absolute Gasteiger partial charge is 0.379 e. The molecule has 0 bridgehead atoms. The molecule has 2 aliphatic heterocycles. The zero-order valence-corrected chi connectivity index (χ0v) is 10.3. The number of rotatable bonds is 3. The third kappa shape index (κ3) is 3.00. The Morgan fingerprint density at radius 2 is 1.84 bits per heavy atom. The minimum absolute atomic E-state index is 0.0404. The molecule has 2 saturated heterocycles. The molecule has 1 atom stereocenters. The van der Waals surface area contributed by atoms with Crippen molar-refractivity contribution < 1.29 is 27.1 Å². The number of carbonyl (C=O) groups is 1. The van der Waals surface area contributed by atoms with Crippen molar-refractivity contribution in [2.45, 2.75) is 24.8 Å². The van der Waals surface area contributed by atoms with Gasteiger partial charge in [0, 0.05) is 32.2 Å². The van der Waals surface area contributed by atoms with Crippen molar-refractivity contribution in [3.63, 3.8) is 0 Å². The number of nitrogens with zero attached hydrogens (tertiary/aromatic N) is 2. The molecule has 0 aromatic heterocycles. The van der Waals surface area contributed by atoms with Gasteiger partial charge in [-0.15, -0.1) is 0 Å². The fourth-order valence-electron chi connectivity index (χ4n) is 2.47. The Kier molecular flexibility index (Phi) is 4.29. The van der Waals surface area contributed by atoms with Gasteiger partial charge in [-0.05, 0) is 6.42 Å². The van der Waals surface area contributed by atoms with Gasteiger partial charge in [0.15, 0.2) is 0 Å². The van der Waals surface area contributed by atoms with Gasteiger partial charge in [0.2, 0.25) is 0 Å². The molecular weight excluding hydrogens is 268 g/mol. The maximum Gasteiger partial charge on any atom is 0.383 e. The third-order valence-electron chi connectivity index (χ3n) is 3.57. The van der Waals surface area contributed by atoms with Crippen LogP contribution in [0.3, 0.4) is 0 Å². The van der Waals surface area contributed by atoms with E-state index in [2.05, 4.69) is 4.90 Å². The van der Waals surface area contributed by atoms with Crippen molar-refractivity contribution in [3.8, 4) is 0 Å². The summed E-state index contributed by atoms with van der Waals surface area (Å²) in [4.78, 5) is 14.3. The van der Waals surface area contributed by atoms with Gasteiger partial charge in [0.25, 0.3) is 5.91 Å². The van der Waals surface area contributed by atoms with Crippen LogP contribution in [0.5, 0.6) is 0 Å². The number of hydrogen-bond acceptors (Lipinski definition) is 3. The van der Waals surface area contributed by atoms with Gasteiger partial charge in [-0.1, -0.05) is 0 Å². The molecule has 1 unspecified atom stereocenters. The van der Waals surface area contributed by atoms with Crippen LogP contribution in [0.2, 0.25) is 0 Å². The molecule has 0 aliphatic carbocycles. The molecule has 0 saturated carbocycles. The molecule has 0 radical (unpaired) electrons. The number of halogens is 4. The van der Waals surface area contributed by atoms with Gasteiger partial charge >= 0.3 is 12.3 Å². The van der Waals surface area contributed by atoms with Gasteiger partial charge in [-0.3, -0.25) is 9.69 Å². The summed E-state index contributed by atoms with van der Waals surface area (Å²) in [5, 5.41) is 0. The van der Waals surface area contributed by atoms with Gasteiger partial charge in [-0.2, -0.15) is 8.78 Å². The molecule has 2 fully saturated rings. The highest BCUT2D eigenvalue weighted by Crippen LogP contribution is 2.28. The lowest BCUT2D eigenvalue weighted by atomic mass is 10.2. The first-order chi connectivity index (χ1) is 8.93. The summed E-state index contributed by atoms with van der Waals surface area (Å²) in [6.07, 6.45) is -3.42. The molecule has 2 heterocycles. The van der Waals surface area contributed by atoms with Crippen LogP contribution < -0.4 is 0 Å². The quantitative estimate of drug-likeness (QED) is 0.719. The maximum atomic E-state index is 13.0. The zero-order chi connectivity index (χ0) is 14.0. The van der Waals surface area contributed by atoms with E-state index >= 15 is 0 Å². The fraction of sp³-hybridized carbons (Fsp3) is 0.909. The summed E-state index contributed by atoms with van der Waals surface area (Å²) in [5.74, 6) is -6.35. The van der Waals surface area contributed by atoms with Crippen molar-refractivity contribution in [3.05, 3.63) is 0 Å². The molecule has 2 rings (SSSR count). The van der Waals surface area contributed by atoms with Crippen molar-refractivity contribution >= 4 is 5.91 Å². The number of morpholine rings is 1. The highest BCUT2D eigenvalue weighted by molar-refractivity contribution is 5.84. The van der Waals surface area contributed by atoms with Crippen LogP contribution in [-0.2, 0) is 9.53 Å². The Labute approximate surface area is 108 Å². The van der Waals surface area contributed by atoms with E-state index in [9.17, 15) is 22.4 Å². The predicted molar refractivity (Wildman–Crippen MR) is 58.3 cm³/mol. The summed E-state index contributed by atoms with van der Waals surface area (Å²) < 4.78 is 55.4. The zero-order valence-electron chi connectivity index (χ0n) is 10.3. The molecule has 4 nitrogen and oxygen atoms in total. The number of amides is 1. The van der Waals surface area contributed by atoms with E-state index in [1.165, 1.54) is 0 Å². The van der Waals surface area contributed by atoms with E-state index in [0.717, 1.165) is 4.90 Å². The molecule has 0 spiro atoms. The number of alkyl halides is 4. The SMILES string of the molecule is O=C(N1CCC(N2CCOCC2)C1)C(F)(F)C(F)F. The standard InChI is InChI=1S/C11H16F4N2O2/c12-9(13)11(14,15)10(18)17-2-1-8(7-17)16-3-5-19-6-4-16/h8-9H,1-7H2. The molecule has 1 amide bonds. The Bertz CT molecular complexity index is 335. The van der Waals surface area contributed by atoms with E-state index in [1.807, 2.05) is 0 Å². The molecule has 19 heavy (non-hydrogen) atoms. The number of likely N-dealkylation sites (tertiary alicyclic amines) is 1. The summed E-state index contributed by atoms with van der Waals surface area (Å²) in [7, 11) is 0. The van der Waals surface area contributed by atoms with Crippen LogP contribution in [0.15, 0.2) is 0 Å². The van der Waals surface area contributed by atoms with Gasteiger partial charge < -0.3 is 9.64 Å². The van der Waals surface area contributed by atoms with Gasteiger partial charge in [-0.25, -0.2) is 8.78 Å². The minimum Gasteiger partial charge on any atom is -0.379 e. The minimum atomic E-state index is -4.58. The Morgan fingerprint density at radius 1 is 1.21 bits per heavy atom. The van der Waals surface area contributed by atoms with Crippen LogP contribution in [-0.4, -0.2) is 73.5 Å². The number of hydrogen-bond donors (Lipinski definition) is 0. The van der Waals surface area contributed by atoms with E-state index in [0.29, 0.717) is 32.7 Å². The van der Waals surface area contributed by atoms with Gasteiger partial charge in [0.1, 0.15) is 0 Å². The van der Waals surface area contributed by atoms with Crippen LogP contribution in [0, 0.1) is 0 Å². The van der Waals surface area contributed by atoms with Crippen molar-refractivity contribution in [2.75, 3.05) is 39.4 Å². The summed E-state index contributed by atoms with van der Waals surface area (Å²) >= 11 is 0. The second-order valence-electron chi connectivity index (χ2n) is 4.77. The molecule has 2 aliphatic rings. The fourth-order valence-corrected chi connectivity index (χ4v) is 2.47. The third-order valence-corrected chi connectivity index (χ3v) is 3.57. The molecule has 0 aromatic carbocycles. The normalized spacial score (nSPS) is 26.2. The van der Waals surface area contributed by atoms with E-state index in [1.54, 1.807) is 0 Å². The molecule has 0 N–H and O–H groups in total. The van der Waals surface area contributed by atoms with E-state index in [4.69, 9.17) is 4.74 Å². The molecule has 110 valence electrons. The highest BCUT2D eigenvalue weighted by Gasteiger charge is 2.52. The van der Waals surface area contributed by atoms with Gasteiger partial charge in [0.05, 0.1) is 13.2 Å². The van der Waals surface area contributed by atoms with Crippen molar-refractivity contribution in [1.82, 2.24) is 9.80 Å². The lowest BCUT2D eigenvalue weighted by molar-refractivity contribution is -0.179. The average Bonchev–Trinajstić information content (AvgIpc) is 2.88. The maximum absolute atomic E-state index is 13.0. The van der Waals surface area contributed by atoms with Crippen molar-refractivity contribution in [1.29, 1.82) is 0 Å². The van der Waals surface area contributed by atoms with Crippen LogP contribution in [0.4, 0.5) is 17.6 Å². The van der Waals surface area contributed by atoms with E-state index in [-0.39, 0.29) is 19.1 Å². The summed E-state index contributed by atoms with van der Waals surface area (Å²) in [5.41, 5.74) is 0. The molecule has 0 aromatic rings. The van der Waals surface area contributed by atoms with Crippen LogP contribution in [0.1, 0.15) is 6.42 Å². The topological polar surface area (TPSA) is 32.8 Å². The number of carbonyl (C=O) groups excluding carboxylic acids is 1. The Morgan fingerprint density at radius 3 is 2.42 bits per heavy atom. The Hall–Kier alpha value is -0.890. The Balaban J connectivity index is 1.92. The summed E-state index contributed by atoms with van der Waals surface area (Å²) in [6.45, 7) is 2.68. The second kappa shape index (κ2) is 5.62. The number of ether oxygens (including phenoxy) is 1. The monoisotopic (exact) mass is 284 g/mol. The van der Waals surface area contributed by atoms with Crippen LogP contribution >= 0.6 is 0 Å². The first kappa shape index (κ1) is 14.5. The van der Waals surface area contributed by atoms with Crippen molar-refractivity contribution in [2.24, 2.45) is 0 Å². The highest BCUT2D eigenvalue weighted by atomic mass is 19.3. The average molecular weight is 284 g/mol. The lowest BCUT2D eigenvalue weighted by Gasteiger charge is -2.32. The summed E-state index contributed by atoms with van der Waals surface area (Å²) in [6, 6.07) is -0.0404. The van der Waals surface area contributed by atoms with E-state index < -0.39 is 18.3 Å². The second-order valence-corrected chi connectivity index (χ2v) is 4.77. The molecular formula is C11H16F4N2O2. The first-order valence-corrected chi connectivity index (χ1v) is 6.20.